The minimum Gasteiger partial charge on any atom is -0.369 e. The summed E-state index contributed by atoms with van der Waals surface area (Å²) in [6.07, 6.45) is 5.68. The van der Waals surface area contributed by atoms with Crippen LogP contribution in [-0.4, -0.2) is 36.6 Å². The third-order valence-electron chi connectivity index (χ3n) is 5.03. The van der Waals surface area contributed by atoms with Crippen LogP contribution in [0.15, 0.2) is 29.2 Å². The molecule has 0 fully saturated rings. The maximum atomic E-state index is 12.8. The van der Waals surface area contributed by atoms with Crippen molar-refractivity contribution in [3.8, 4) is 0 Å². The number of Topliss-reactive ketones (excluding diaryl/α,β-unsaturated/α-hetero) is 1. The van der Waals surface area contributed by atoms with Gasteiger partial charge < -0.3 is 15.8 Å². The highest BCUT2D eigenvalue weighted by Gasteiger charge is 2.34. The van der Waals surface area contributed by atoms with Gasteiger partial charge in [0.1, 0.15) is 0 Å². The molecule has 5 heteroatoms. The third-order valence-corrected chi connectivity index (χ3v) is 5.90. The average molecular weight is 379 g/mol. The average Bonchev–Trinajstić information content (AvgIpc) is 3.15. The summed E-state index contributed by atoms with van der Waals surface area (Å²) >= 11 is 1.48. The summed E-state index contributed by atoms with van der Waals surface area (Å²) in [7, 11) is 0. The zero-order valence-electron chi connectivity index (χ0n) is 16.5. The van der Waals surface area contributed by atoms with Gasteiger partial charge in [0, 0.05) is 11.6 Å². The molecule has 0 aliphatic heterocycles. The number of ether oxygens (including phenoxy) is 1. The molecule has 0 spiro atoms. The Bertz CT molecular complexity index is 579. The second-order valence-electron chi connectivity index (χ2n) is 7.57. The first kappa shape index (κ1) is 21.3. The van der Waals surface area contributed by atoms with Crippen molar-refractivity contribution in [1.82, 2.24) is 5.32 Å². The summed E-state index contributed by atoms with van der Waals surface area (Å²) in [5.74, 6) is 0.737. The molecule has 3 N–H and O–H groups in total. The molecule has 0 saturated carbocycles. The van der Waals surface area contributed by atoms with Gasteiger partial charge in [-0.2, -0.15) is 0 Å². The molecule has 1 aliphatic rings. The number of hydrogen-bond acceptors (Lipinski definition) is 5. The van der Waals surface area contributed by atoms with Crippen molar-refractivity contribution in [2.45, 2.75) is 77.7 Å². The van der Waals surface area contributed by atoms with E-state index in [0.717, 1.165) is 36.3 Å². The molecule has 1 aliphatic carbocycles. The van der Waals surface area contributed by atoms with E-state index in [4.69, 9.17) is 10.5 Å². The first-order valence-corrected chi connectivity index (χ1v) is 10.8. The molecule has 0 amide bonds. The van der Waals surface area contributed by atoms with Gasteiger partial charge in [-0.3, -0.25) is 4.79 Å². The second-order valence-corrected chi connectivity index (χ2v) is 8.52. The lowest BCUT2D eigenvalue weighted by molar-refractivity contribution is -0.0170. The Balaban J connectivity index is 2.18. The number of rotatable bonds is 10. The summed E-state index contributed by atoms with van der Waals surface area (Å²) in [6, 6.07) is 3.72. The molecule has 4 nitrogen and oxygen atoms in total. The Labute approximate surface area is 162 Å². The number of carbonyl (C=O) groups is 1. The monoisotopic (exact) mass is 378 g/mol. The van der Waals surface area contributed by atoms with Gasteiger partial charge in [0.05, 0.1) is 23.1 Å². The SMILES string of the molecule is CCC(CC)O[C@@H]1C=C(C(=O)c2cccs2)C[C@H](N)[C@H]1NCCC(C)C. The topological polar surface area (TPSA) is 64.3 Å². The number of ketones is 1. The van der Waals surface area contributed by atoms with Crippen LogP contribution in [0.3, 0.4) is 0 Å². The molecule has 0 saturated heterocycles. The normalized spacial score (nSPS) is 23.5. The summed E-state index contributed by atoms with van der Waals surface area (Å²) in [4.78, 5) is 13.6. The van der Waals surface area contributed by atoms with Crippen LogP contribution < -0.4 is 11.1 Å². The van der Waals surface area contributed by atoms with E-state index in [-0.39, 0.29) is 30.1 Å². The van der Waals surface area contributed by atoms with Gasteiger partial charge >= 0.3 is 0 Å². The van der Waals surface area contributed by atoms with Crippen molar-refractivity contribution in [1.29, 1.82) is 0 Å². The van der Waals surface area contributed by atoms with Gasteiger partial charge in [-0.1, -0.05) is 33.8 Å². The third kappa shape index (κ3) is 5.74. The molecule has 0 bridgehead atoms. The molecule has 0 radical (unpaired) electrons. The van der Waals surface area contributed by atoms with Crippen molar-refractivity contribution < 1.29 is 9.53 Å². The van der Waals surface area contributed by atoms with Crippen LogP contribution in [0.4, 0.5) is 0 Å². The Morgan fingerprint density at radius 2 is 2.12 bits per heavy atom. The van der Waals surface area contributed by atoms with E-state index in [2.05, 4.69) is 33.0 Å². The molecule has 0 unspecified atom stereocenters. The Morgan fingerprint density at radius 1 is 1.38 bits per heavy atom. The van der Waals surface area contributed by atoms with Gasteiger partial charge in [-0.15, -0.1) is 11.3 Å². The fourth-order valence-corrected chi connectivity index (χ4v) is 4.06. The number of nitrogens with one attached hydrogen (secondary N) is 1. The molecule has 26 heavy (non-hydrogen) atoms. The fraction of sp³-hybridized carbons (Fsp3) is 0.667. The van der Waals surface area contributed by atoms with Crippen LogP contribution in [0, 0.1) is 5.92 Å². The highest BCUT2D eigenvalue weighted by Crippen LogP contribution is 2.26. The Kier molecular flexibility index (Phi) is 8.48. The van der Waals surface area contributed by atoms with E-state index in [1.807, 2.05) is 23.6 Å². The van der Waals surface area contributed by atoms with Crippen LogP contribution in [0.1, 0.15) is 63.0 Å². The maximum absolute atomic E-state index is 12.8. The van der Waals surface area contributed by atoms with E-state index in [0.29, 0.717) is 12.3 Å². The number of hydrogen-bond donors (Lipinski definition) is 2. The van der Waals surface area contributed by atoms with Crippen LogP contribution in [0.2, 0.25) is 0 Å². The second kappa shape index (κ2) is 10.4. The molecule has 3 atom stereocenters. The summed E-state index contributed by atoms with van der Waals surface area (Å²) < 4.78 is 6.36. The molecule has 2 rings (SSSR count). The van der Waals surface area contributed by atoms with Crippen LogP contribution in [-0.2, 0) is 4.74 Å². The minimum absolute atomic E-state index is 0.0502. The molecule has 0 aromatic carbocycles. The number of nitrogens with two attached hydrogens (primary N) is 1. The lowest BCUT2D eigenvalue weighted by Crippen LogP contribution is -2.56. The number of thiophene rings is 1. The van der Waals surface area contributed by atoms with Gasteiger partial charge in [0.2, 0.25) is 0 Å². The maximum Gasteiger partial charge on any atom is 0.198 e. The minimum atomic E-state index is -0.158. The lowest BCUT2D eigenvalue weighted by Gasteiger charge is -2.37. The predicted molar refractivity (Wildman–Crippen MR) is 110 cm³/mol. The summed E-state index contributed by atoms with van der Waals surface area (Å²) in [5, 5.41) is 5.53. The predicted octanol–water partition coefficient (Wildman–Crippen LogP) is 4.17. The Morgan fingerprint density at radius 3 is 2.69 bits per heavy atom. The highest BCUT2D eigenvalue weighted by atomic mass is 32.1. The van der Waals surface area contributed by atoms with Gasteiger partial charge in [0.25, 0.3) is 0 Å². The smallest absolute Gasteiger partial charge is 0.198 e. The van der Waals surface area contributed by atoms with Gasteiger partial charge in [-0.25, -0.2) is 0 Å². The molecule has 1 aromatic rings. The number of carbonyl (C=O) groups excluding carboxylic acids is 1. The van der Waals surface area contributed by atoms with E-state index in [1.54, 1.807) is 0 Å². The first-order valence-electron chi connectivity index (χ1n) is 9.89. The highest BCUT2D eigenvalue weighted by molar-refractivity contribution is 7.12. The van der Waals surface area contributed by atoms with E-state index >= 15 is 0 Å². The Hall–Kier alpha value is -1.01. The van der Waals surface area contributed by atoms with Gasteiger partial charge in [-0.05, 0) is 55.7 Å². The quantitative estimate of drug-likeness (QED) is 0.600. The summed E-state index contributed by atoms with van der Waals surface area (Å²) in [5.41, 5.74) is 7.28. The summed E-state index contributed by atoms with van der Waals surface area (Å²) in [6.45, 7) is 9.64. The van der Waals surface area contributed by atoms with Crippen LogP contribution in [0.5, 0.6) is 0 Å². The van der Waals surface area contributed by atoms with Crippen molar-refractivity contribution in [2.24, 2.45) is 11.7 Å². The molecule has 1 aromatic heterocycles. The molecular weight excluding hydrogens is 344 g/mol. The molecule has 1 heterocycles. The zero-order valence-corrected chi connectivity index (χ0v) is 17.4. The van der Waals surface area contributed by atoms with E-state index in [1.165, 1.54) is 11.3 Å². The largest absolute Gasteiger partial charge is 0.369 e. The lowest BCUT2D eigenvalue weighted by atomic mass is 9.86. The molecule has 146 valence electrons. The van der Waals surface area contributed by atoms with E-state index < -0.39 is 0 Å². The fourth-order valence-electron chi connectivity index (χ4n) is 3.36. The zero-order chi connectivity index (χ0) is 19.1. The van der Waals surface area contributed by atoms with Crippen molar-refractivity contribution >= 4 is 17.1 Å². The van der Waals surface area contributed by atoms with Crippen molar-refractivity contribution in [3.05, 3.63) is 34.0 Å². The van der Waals surface area contributed by atoms with E-state index in [9.17, 15) is 4.79 Å². The van der Waals surface area contributed by atoms with Gasteiger partial charge in [0.15, 0.2) is 5.78 Å². The van der Waals surface area contributed by atoms with Crippen LogP contribution in [0.25, 0.3) is 0 Å². The molecular formula is C21H34N2O2S. The van der Waals surface area contributed by atoms with Crippen molar-refractivity contribution in [3.63, 3.8) is 0 Å². The first-order chi connectivity index (χ1) is 12.5. The van der Waals surface area contributed by atoms with Crippen LogP contribution >= 0.6 is 11.3 Å². The van der Waals surface area contributed by atoms with Crippen molar-refractivity contribution in [2.75, 3.05) is 6.54 Å². The standard InChI is InChI=1S/C21H34N2O2S/c1-5-16(6-2)25-18-13-15(21(24)19-8-7-11-26-19)12-17(22)20(18)23-10-9-14(3)4/h7-8,11,13-14,16-18,20,23H,5-6,9-10,12,22H2,1-4H3/t17-,18+,20+/m0/s1.